The lowest BCUT2D eigenvalue weighted by atomic mass is 10.2. The van der Waals surface area contributed by atoms with Gasteiger partial charge >= 0.3 is 0 Å². The van der Waals surface area contributed by atoms with Crippen LogP contribution >= 0.6 is 7.14 Å². The molecule has 0 fully saturated rings. The summed E-state index contributed by atoms with van der Waals surface area (Å²) in [5.74, 6) is 0.651. The Balaban J connectivity index is 1.99. The first-order chi connectivity index (χ1) is 16.8. The van der Waals surface area contributed by atoms with Crippen LogP contribution in [0.2, 0.25) is 0 Å². The highest BCUT2D eigenvalue weighted by atomic mass is 32.2. The van der Waals surface area contributed by atoms with Gasteiger partial charge in [0.05, 0.1) is 24.8 Å². The number of hydrogen-bond donors (Lipinski definition) is 1. The molecule has 0 saturated heterocycles. The molecule has 35 heavy (non-hydrogen) atoms. The van der Waals surface area contributed by atoms with Crippen molar-refractivity contribution < 1.29 is 22.5 Å². The first-order valence-electron chi connectivity index (χ1n) is 10.9. The summed E-state index contributed by atoms with van der Waals surface area (Å²) in [7, 11) is -4.58. The zero-order valence-electron chi connectivity index (χ0n) is 19.6. The number of anilines is 1. The number of benzene rings is 4. The molecular weight excluding hydrogens is 481 g/mol. The first kappa shape index (κ1) is 24.6. The molecule has 0 atom stereocenters. The van der Waals surface area contributed by atoms with Gasteiger partial charge in [0, 0.05) is 22.0 Å². The molecule has 0 aliphatic rings. The minimum Gasteiger partial charge on any atom is -0.493 e. The van der Waals surface area contributed by atoms with Gasteiger partial charge < -0.3 is 14.0 Å². The quantitative estimate of drug-likeness (QED) is 0.357. The summed E-state index contributed by atoms with van der Waals surface area (Å²) in [5.41, 5.74) is 1.09. The van der Waals surface area contributed by atoms with Crippen LogP contribution in [0.15, 0.2) is 102 Å². The van der Waals surface area contributed by atoms with Crippen molar-refractivity contribution in [3.05, 3.63) is 103 Å². The number of rotatable bonds is 8. The van der Waals surface area contributed by atoms with Crippen LogP contribution in [0.25, 0.3) is 0 Å². The zero-order chi connectivity index (χ0) is 25.1. The molecule has 0 heterocycles. The fourth-order valence-electron chi connectivity index (χ4n) is 3.83. The Bertz CT molecular complexity index is 1430. The number of hydrogen-bond acceptors (Lipinski definition) is 5. The molecule has 0 unspecified atom stereocenters. The Morgan fingerprint density at radius 3 is 1.69 bits per heavy atom. The van der Waals surface area contributed by atoms with E-state index >= 15 is 4.57 Å². The number of methoxy groups -OCH3 is 2. The lowest BCUT2D eigenvalue weighted by Gasteiger charge is -2.24. The smallest absolute Gasteiger partial charge is 0.261 e. The molecule has 0 bridgehead atoms. The molecule has 0 spiro atoms. The Hall–Kier alpha value is -3.54. The van der Waals surface area contributed by atoms with Gasteiger partial charge in [0.15, 0.2) is 18.6 Å². The van der Waals surface area contributed by atoms with Gasteiger partial charge in [-0.15, -0.1) is 0 Å². The predicted molar refractivity (Wildman–Crippen MR) is 141 cm³/mol. The number of nitrogens with one attached hydrogen (secondary N) is 1. The number of ether oxygens (including phenoxy) is 2. The molecule has 4 aromatic carbocycles. The molecule has 0 saturated carbocycles. The molecule has 0 aromatic heterocycles. The van der Waals surface area contributed by atoms with Gasteiger partial charge in [-0.3, -0.25) is 4.72 Å². The van der Waals surface area contributed by atoms with Crippen molar-refractivity contribution in [3.63, 3.8) is 0 Å². The molecular formula is C27H26NO5PS. The molecule has 0 amide bonds. The summed E-state index contributed by atoms with van der Waals surface area (Å²) >= 11 is 0. The van der Waals surface area contributed by atoms with Crippen LogP contribution in [0.3, 0.4) is 0 Å². The normalized spacial score (nSPS) is 11.6. The lowest BCUT2D eigenvalue weighted by molar-refractivity contribution is 0.355. The molecule has 8 heteroatoms. The standard InChI is InChI=1S/C27H26NO5PS/c1-20-14-16-23(17-15-20)35(30,31)28-24-18-25(32-2)26(33-3)19-27(24)34(29,21-10-6-4-7-11-21)22-12-8-5-9-13-22/h4-19,28H,1-3H3. The first-order valence-corrected chi connectivity index (χ1v) is 14.1. The van der Waals surface area contributed by atoms with Gasteiger partial charge in [0.25, 0.3) is 10.0 Å². The van der Waals surface area contributed by atoms with Crippen LogP contribution in [-0.2, 0) is 14.6 Å². The van der Waals surface area contributed by atoms with Crippen molar-refractivity contribution in [1.82, 2.24) is 0 Å². The highest BCUT2D eigenvalue weighted by Gasteiger charge is 2.34. The van der Waals surface area contributed by atoms with Gasteiger partial charge in [-0.05, 0) is 25.1 Å². The maximum absolute atomic E-state index is 15.0. The molecule has 4 aromatic rings. The topological polar surface area (TPSA) is 81.7 Å². The molecule has 0 aliphatic carbocycles. The number of aryl methyl sites for hydroxylation is 1. The third-order valence-electron chi connectivity index (χ3n) is 5.66. The van der Waals surface area contributed by atoms with E-state index in [0.717, 1.165) is 5.56 Å². The summed E-state index contributed by atoms with van der Waals surface area (Å²) in [5, 5.41) is 1.42. The molecule has 1 N–H and O–H groups in total. The second-order valence-corrected chi connectivity index (χ2v) is 12.3. The van der Waals surface area contributed by atoms with Crippen LogP contribution in [0, 0.1) is 6.92 Å². The van der Waals surface area contributed by atoms with Crippen LogP contribution < -0.4 is 30.1 Å². The molecule has 4 rings (SSSR count). The minimum atomic E-state index is -3.99. The van der Waals surface area contributed by atoms with Crippen molar-refractivity contribution in [3.8, 4) is 11.5 Å². The summed E-state index contributed by atoms with van der Waals surface area (Å²) in [4.78, 5) is 0.0955. The maximum atomic E-state index is 15.0. The Labute approximate surface area is 206 Å². The Morgan fingerprint density at radius 1 is 0.714 bits per heavy atom. The zero-order valence-corrected chi connectivity index (χ0v) is 21.3. The number of sulfonamides is 1. The van der Waals surface area contributed by atoms with E-state index in [9.17, 15) is 8.42 Å². The third-order valence-corrected chi connectivity index (χ3v) is 10.1. The second kappa shape index (κ2) is 9.98. The third kappa shape index (κ3) is 4.83. The van der Waals surface area contributed by atoms with Crippen molar-refractivity contribution in [2.75, 3.05) is 18.9 Å². The monoisotopic (exact) mass is 507 g/mol. The average Bonchev–Trinajstić information content (AvgIpc) is 2.89. The predicted octanol–water partition coefficient (Wildman–Crippen LogP) is 4.45. The summed E-state index contributed by atoms with van der Waals surface area (Å²) < 4.78 is 55.3. The lowest BCUT2D eigenvalue weighted by Crippen LogP contribution is -2.28. The summed E-state index contributed by atoms with van der Waals surface area (Å²) in [6.45, 7) is 1.88. The molecule has 0 aliphatic heterocycles. The highest BCUT2D eigenvalue weighted by molar-refractivity contribution is 7.93. The van der Waals surface area contributed by atoms with E-state index in [0.29, 0.717) is 27.4 Å². The van der Waals surface area contributed by atoms with Crippen molar-refractivity contribution in [2.24, 2.45) is 0 Å². The van der Waals surface area contributed by atoms with E-state index in [-0.39, 0.29) is 10.6 Å². The van der Waals surface area contributed by atoms with Crippen molar-refractivity contribution >= 4 is 38.8 Å². The SMILES string of the molecule is COc1cc(NS(=O)(=O)c2ccc(C)cc2)c(P(=O)(c2ccccc2)c2ccccc2)cc1OC. The average molecular weight is 508 g/mol. The van der Waals surface area contributed by atoms with E-state index in [1.165, 1.54) is 32.4 Å². The van der Waals surface area contributed by atoms with E-state index < -0.39 is 17.2 Å². The molecule has 0 radical (unpaired) electrons. The van der Waals surface area contributed by atoms with E-state index in [1.54, 1.807) is 42.5 Å². The van der Waals surface area contributed by atoms with E-state index in [1.807, 2.05) is 43.3 Å². The van der Waals surface area contributed by atoms with E-state index in [2.05, 4.69) is 4.72 Å². The van der Waals surface area contributed by atoms with Crippen LogP contribution in [-0.4, -0.2) is 22.6 Å². The van der Waals surface area contributed by atoms with Gasteiger partial charge in [-0.2, -0.15) is 0 Å². The summed E-state index contributed by atoms with van der Waals surface area (Å²) in [6, 6.07) is 27.7. The van der Waals surface area contributed by atoms with Gasteiger partial charge in [0.1, 0.15) is 0 Å². The Morgan fingerprint density at radius 2 is 1.20 bits per heavy atom. The van der Waals surface area contributed by atoms with Crippen LogP contribution in [0.1, 0.15) is 5.56 Å². The molecule has 6 nitrogen and oxygen atoms in total. The van der Waals surface area contributed by atoms with E-state index in [4.69, 9.17) is 9.47 Å². The second-order valence-electron chi connectivity index (χ2n) is 7.92. The van der Waals surface area contributed by atoms with Gasteiger partial charge in [0.2, 0.25) is 0 Å². The fourth-order valence-corrected chi connectivity index (χ4v) is 7.78. The maximum Gasteiger partial charge on any atom is 0.261 e. The van der Waals surface area contributed by atoms with Crippen LogP contribution in [0.5, 0.6) is 11.5 Å². The summed E-state index contributed by atoms with van der Waals surface area (Å²) in [6.07, 6.45) is 0. The fraction of sp³-hybridized carbons (Fsp3) is 0.111. The van der Waals surface area contributed by atoms with Crippen LogP contribution in [0.4, 0.5) is 5.69 Å². The molecule has 180 valence electrons. The Kier molecular flexibility index (Phi) is 7.01. The van der Waals surface area contributed by atoms with Gasteiger partial charge in [-0.1, -0.05) is 78.4 Å². The van der Waals surface area contributed by atoms with Crippen molar-refractivity contribution in [1.29, 1.82) is 0 Å². The van der Waals surface area contributed by atoms with Crippen molar-refractivity contribution in [2.45, 2.75) is 11.8 Å². The largest absolute Gasteiger partial charge is 0.493 e. The highest BCUT2D eigenvalue weighted by Crippen LogP contribution is 2.47. The van der Waals surface area contributed by atoms with Gasteiger partial charge in [-0.25, -0.2) is 8.42 Å². The minimum absolute atomic E-state index is 0.0955.